The average Bonchev–Trinajstić information content (AvgIpc) is 2.48. The summed E-state index contributed by atoms with van der Waals surface area (Å²) >= 11 is 6.78. The van der Waals surface area contributed by atoms with Gasteiger partial charge >= 0.3 is 0 Å². The number of methoxy groups -OCH3 is 1. The highest BCUT2D eigenvalue weighted by Gasteiger charge is 2.14. The van der Waals surface area contributed by atoms with Crippen LogP contribution < -0.4 is 9.47 Å². The summed E-state index contributed by atoms with van der Waals surface area (Å²) in [7, 11) is 1.49. The van der Waals surface area contributed by atoms with Crippen molar-refractivity contribution < 1.29 is 14.4 Å². The lowest BCUT2D eigenvalue weighted by Crippen LogP contribution is -1.95. The summed E-state index contributed by atoms with van der Waals surface area (Å²) in [5, 5.41) is 11.5. The number of benzene rings is 2. The molecular weight excluding hydrogens is 406 g/mol. The van der Waals surface area contributed by atoms with Crippen LogP contribution in [-0.2, 0) is 5.33 Å². The molecule has 7 heteroatoms. The van der Waals surface area contributed by atoms with Crippen LogP contribution >= 0.6 is 31.9 Å². The van der Waals surface area contributed by atoms with Crippen LogP contribution in [-0.4, -0.2) is 12.0 Å². The van der Waals surface area contributed by atoms with E-state index in [1.165, 1.54) is 25.3 Å². The van der Waals surface area contributed by atoms with Gasteiger partial charge in [-0.3, -0.25) is 10.1 Å². The molecular formula is C14H11Br2NO4. The van der Waals surface area contributed by atoms with E-state index in [1.807, 2.05) is 12.1 Å². The molecule has 0 aliphatic carbocycles. The maximum absolute atomic E-state index is 10.9. The SMILES string of the molecule is COc1ccc([N+](=O)[O-])cc1Oc1ccc(Br)cc1CBr. The van der Waals surface area contributed by atoms with Crippen molar-refractivity contribution in [3.8, 4) is 17.2 Å². The molecule has 2 aromatic carbocycles. The van der Waals surface area contributed by atoms with E-state index in [2.05, 4.69) is 31.9 Å². The molecule has 0 atom stereocenters. The molecule has 2 aromatic rings. The summed E-state index contributed by atoms with van der Waals surface area (Å²) in [4.78, 5) is 10.4. The van der Waals surface area contributed by atoms with Crippen molar-refractivity contribution in [3.63, 3.8) is 0 Å². The highest BCUT2D eigenvalue weighted by molar-refractivity contribution is 9.10. The number of rotatable bonds is 5. The topological polar surface area (TPSA) is 61.6 Å². The van der Waals surface area contributed by atoms with Crippen molar-refractivity contribution in [2.75, 3.05) is 7.11 Å². The summed E-state index contributed by atoms with van der Waals surface area (Å²) in [5.74, 6) is 1.34. The number of hydrogen-bond acceptors (Lipinski definition) is 4. The van der Waals surface area contributed by atoms with E-state index in [9.17, 15) is 10.1 Å². The van der Waals surface area contributed by atoms with Crippen molar-refractivity contribution in [1.29, 1.82) is 0 Å². The molecule has 0 heterocycles. The van der Waals surface area contributed by atoms with Crippen LogP contribution in [0.1, 0.15) is 5.56 Å². The van der Waals surface area contributed by atoms with Crippen molar-refractivity contribution in [2.24, 2.45) is 0 Å². The number of nitrogens with zero attached hydrogens (tertiary/aromatic N) is 1. The number of ether oxygens (including phenoxy) is 2. The Bertz CT molecular complexity index is 676. The summed E-state index contributed by atoms with van der Waals surface area (Å²) in [6.45, 7) is 0. The van der Waals surface area contributed by atoms with Gasteiger partial charge < -0.3 is 9.47 Å². The lowest BCUT2D eigenvalue weighted by molar-refractivity contribution is -0.384. The van der Waals surface area contributed by atoms with E-state index in [0.717, 1.165) is 10.0 Å². The fourth-order valence-electron chi connectivity index (χ4n) is 1.73. The maximum Gasteiger partial charge on any atom is 0.273 e. The molecule has 0 amide bonds. The van der Waals surface area contributed by atoms with Gasteiger partial charge in [0.1, 0.15) is 5.75 Å². The molecule has 0 bridgehead atoms. The Morgan fingerprint density at radius 3 is 2.48 bits per heavy atom. The number of halogens is 2. The third kappa shape index (κ3) is 3.74. The van der Waals surface area contributed by atoms with E-state index in [-0.39, 0.29) is 5.69 Å². The largest absolute Gasteiger partial charge is 0.493 e. The first kappa shape index (κ1) is 15.8. The van der Waals surface area contributed by atoms with Crippen molar-refractivity contribution in [3.05, 3.63) is 56.5 Å². The second kappa shape index (κ2) is 6.91. The molecule has 110 valence electrons. The van der Waals surface area contributed by atoms with Gasteiger partial charge in [-0.25, -0.2) is 0 Å². The van der Waals surface area contributed by atoms with E-state index in [0.29, 0.717) is 22.6 Å². The Morgan fingerprint density at radius 1 is 1.14 bits per heavy atom. The first-order valence-electron chi connectivity index (χ1n) is 5.90. The molecule has 0 fully saturated rings. The Morgan fingerprint density at radius 2 is 1.86 bits per heavy atom. The van der Waals surface area contributed by atoms with E-state index >= 15 is 0 Å². The highest BCUT2D eigenvalue weighted by Crippen LogP contribution is 2.37. The van der Waals surface area contributed by atoms with Crippen LogP contribution in [0.4, 0.5) is 5.69 Å². The maximum atomic E-state index is 10.9. The van der Waals surface area contributed by atoms with Gasteiger partial charge in [0.2, 0.25) is 0 Å². The number of hydrogen-bond donors (Lipinski definition) is 0. The van der Waals surface area contributed by atoms with Gasteiger partial charge in [-0.2, -0.15) is 0 Å². The molecule has 0 saturated heterocycles. The molecule has 0 aliphatic rings. The second-order valence-electron chi connectivity index (χ2n) is 4.08. The summed E-state index contributed by atoms with van der Waals surface area (Å²) < 4.78 is 11.9. The van der Waals surface area contributed by atoms with Gasteiger partial charge in [0, 0.05) is 21.4 Å². The normalized spacial score (nSPS) is 10.2. The number of nitro groups is 1. The molecule has 0 unspecified atom stereocenters. The molecule has 0 aliphatic heterocycles. The van der Waals surface area contributed by atoms with E-state index in [1.54, 1.807) is 6.07 Å². The Kier molecular flexibility index (Phi) is 5.19. The van der Waals surface area contributed by atoms with Crippen LogP contribution in [0.25, 0.3) is 0 Å². The van der Waals surface area contributed by atoms with Crippen molar-refractivity contribution >= 4 is 37.5 Å². The minimum absolute atomic E-state index is 0.0525. The van der Waals surface area contributed by atoms with Crippen LogP contribution in [0, 0.1) is 10.1 Å². The summed E-state index contributed by atoms with van der Waals surface area (Å²) in [6, 6.07) is 9.77. The molecule has 0 radical (unpaired) electrons. The number of non-ortho nitro benzene ring substituents is 1. The third-order valence-corrected chi connectivity index (χ3v) is 3.84. The van der Waals surface area contributed by atoms with Crippen LogP contribution in [0.2, 0.25) is 0 Å². The smallest absolute Gasteiger partial charge is 0.273 e. The third-order valence-electron chi connectivity index (χ3n) is 2.74. The van der Waals surface area contributed by atoms with Gasteiger partial charge in [-0.1, -0.05) is 31.9 Å². The molecule has 0 spiro atoms. The predicted molar refractivity (Wildman–Crippen MR) is 86.5 cm³/mol. The number of alkyl halides is 1. The monoisotopic (exact) mass is 415 g/mol. The number of nitro benzene ring substituents is 1. The first-order chi connectivity index (χ1) is 10.0. The lowest BCUT2D eigenvalue weighted by atomic mass is 10.2. The Hall–Kier alpha value is -1.60. The zero-order valence-electron chi connectivity index (χ0n) is 11.0. The Labute approximate surface area is 138 Å². The average molecular weight is 417 g/mol. The molecule has 5 nitrogen and oxygen atoms in total. The van der Waals surface area contributed by atoms with Crippen LogP contribution in [0.5, 0.6) is 17.2 Å². The first-order valence-corrected chi connectivity index (χ1v) is 7.81. The summed E-state index contributed by atoms with van der Waals surface area (Å²) in [6.07, 6.45) is 0. The minimum Gasteiger partial charge on any atom is -0.493 e. The highest BCUT2D eigenvalue weighted by atomic mass is 79.9. The van der Waals surface area contributed by atoms with Gasteiger partial charge in [-0.15, -0.1) is 0 Å². The minimum atomic E-state index is -0.473. The second-order valence-corrected chi connectivity index (χ2v) is 5.56. The molecule has 0 saturated carbocycles. The molecule has 0 N–H and O–H groups in total. The fraction of sp³-hybridized carbons (Fsp3) is 0.143. The lowest BCUT2D eigenvalue weighted by Gasteiger charge is -2.12. The van der Waals surface area contributed by atoms with E-state index < -0.39 is 4.92 Å². The zero-order chi connectivity index (χ0) is 15.4. The van der Waals surface area contributed by atoms with Gasteiger partial charge in [0.05, 0.1) is 18.1 Å². The standard InChI is InChI=1S/C14H11Br2NO4/c1-20-13-5-3-11(17(18)19)7-14(13)21-12-4-2-10(16)6-9(12)8-15/h2-7H,8H2,1H3. The molecule has 0 aromatic heterocycles. The summed E-state index contributed by atoms with van der Waals surface area (Å²) in [5.41, 5.74) is 0.862. The molecule has 21 heavy (non-hydrogen) atoms. The van der Waals surface area contributed by atoms with Crippen molar-refractivity contribution in [2.45, 2.75) is 5.33 Å². The van der Waals surface area contributed by atoms with Gasteiger partial charge in [-0.05, 0) is 24.3 Å². The molecule has 2 rings (SSSR count). The quantitative estimate of drug-likeness (QED) is 0.388. The van der Waals surface area contributed by atoms with Crippen LogP contribution in [0.15, 0.2) is 40.9 Å². The van der Waals surface area contributed by atoms with Gasteiger partial charge in [0.15, 0.2) is 11.5 Å². The fourth-order valence-corrected chi connectivity index (χ4v) is 2.58. The van der Waals surface area contributed by atoms with Gasteiger partial charge in [0.25, 0.3) is 5.69 Å². The van der Waals surface area contributed by atoms with Crippen LogP contribution in [0.3, 0.4) is 0 Å². The van der Waals surface area contributed by atoms with Crippen molar-refractivity contribution in [1.82, 2.24) is 0 Å². The predicted octanol–water partition coefficient (Wildman–Crippen LogP) is 5.05. The van der Waals surface area contributed by atoms with E-state index in [4.69, 9.17) is 9.47 Å². The zero-order valence-corrected chi connectivity index (χ0v) is 14.2. The Balaban J connectivity index is 2.42.